The van der Waals surface area contributed by atoms with Gasteiger partial charge in [-0.25, -0.2) is 0 Å². The largest absolute Gasteiger partial charge is 1.00 e. The van der Waals surface area contributed by atoms with E-state index in [1.807, 2.05) is 30.3 Å². The second-order valence-electron chi connectivity index (χ2n) is 3.24. The molecule has 1 aromatic rings. The Balaban J connectivity index is 0.00000256. The Morgan fingerprint density at radius 2 is 1.76 bits per heavy atom. The molecule has 4 heteroatoms. The summed E-state index contributed by atoms with van der Waals surface area (Å²) < 4.78 is 0. The molecule has 0 heterocycles. The van der Waals surface area contributed by atoms with Gasteiger partial charge in [-0.2, -0.15) is 0 Å². The molecular formula is C13H11KO3. The number of Topliss-reactive ketones (excluding diaryl/α,β-unsaturated/α-hetero) is 1. The molecule has 0 fully saturated rings. The van der Waals surface area contributed by atoms with Crippen molar-refractivity contribution < 1.29 is 66.1 Å². The SMILES string of the molecule is C/C(=C\C=Cc1ccccc1)C(=O)C(=O)[O-].[K+]. The summed E-state index contributed by atoms with van der Waals surface area (Å²) in [4.78, 5) is 21.2. The van der Waals surface area contributed by atoms with Gasteiger partial charge in [-0.15, -0.1) is 0 Å². The van der Waals surface area contributed by atoms with Crippen LogP contribution in [0.1, 0.15) is 12.5 Å². The zero-order valence-electron chi connectivity index (χ0n) is 9.84. The minimum absolute atomic E-state index is 0. The van der Waals surface area contributed by atoms with Crippen LogP contribution in [0.4, 0.5) is 0 Å². The Hall–Kier alpha value is -0.524. The predicted molar refractivity (Wildman–Crippen MR) is 59.2 cm³/mol. The fourth-order valence-corrected chi connectivity index (χ4v) is 1.10. The Labute approximate surface area is 143 Å². The van der Waals surface area contributed by atoms with Gasteiger partial charge in [0.25, 0.3) is 0 Å². The Morgan fingerprint density at radius 3 is 2.29 bits per heavy atom. The molecule has 0 aliphatic carbocycles. The van der Waals surface area contributed by atoms with Gasteiger partial charge in [-0.05, 0) is 18.1 Å². The van der Waals surface area contributed by atoms with Gasteiger partial charge in [0.05, 0.1) is 0 Å². The fraction of sp³-hybridized carbons (Fsp3) is 0.0769. The number of carboxylic acids is 1. The van der Waals surface area contributed by atoms with E-state index in [0.29, 0.717) is 0 Å². The smallest absolute Gasteiger partial charge is 0.541 e. The van der Waals surface area contributed by atoms with E-state index >= 15 is 0 Å². The van der Waals surface area contributed by atoms with Crippen molar-refractivity contribution in [3.05, 3.63) is 53.6 Å². The number of ketones is 1. The molecule has 17 heavy (non-hydrogen) atoms. The van der Waals surface area contributed by atoms with E-state index in [1.165, 1.54) is 13.0 Å². The molecular weight excluding hydrogens is 243 g/mol. The van der Waals surface area contributed by atoms with E-state index in [1.54, 1.807) is 12.2 Å². The number of hydrogen-bond donors (Lipinski definition) is 0. The van der Waals surface area contributed by atoms with Gasteiger partial charge in [-0.1, -0.05) is 48.6 Å². The maximum Gasteiger partial charge on any atom is 1.00 e. The molecule has 0 amide bonds. The topological polar surface area (TPSA) is 57.2 Å². The number of rotatable bonds is 4. The average Bonchev–Trinajstić information content (AvgIpc) is 2.29. The van der Waals surface area contributed by atoms with Crippen molar-refractivity contribution in [1.82, 2.24) is 0 Å². The second kappa shape index (κ2) is 8.55. The van der Waals surface area contributed by atoms with E-state index < -0.39 is 11.8 Å². The van der Waals surface area contributed by atoms with Gasteiger partial charge in [-0.3, -0.25) is 4.79 Å². The average molecular weight is 254 g/mol. The normalized spacial score (nSPS) is 11.0. The molecule has 0 unspecified atom stereocenters. The molecule has 0 atom stereocenters. The van der Waals surface area contributed by atoms with Crippen LogP contribution in [0.3, 0.4) is 0 Å². The molecule has 0 aliphatic rings. The van der Waals surface area contributed by atoms with Crippen LogP contribution in [-0.4, -0.2) is 11.8 Å². The molecule has 0 spiro atoms. The van der Waals surface area contributed by atoms with Crippen LogP contribution in [0.2, 0.25) is 0 Å². The molecule has 1 rings (SSSR count). The summed E-state index contributed by atoms with van der Waals surface area (Å²) in [6.07, 6.45) is 4.86. The van der Waals surface area contributed by atoms with E-state index in [4.69, 9.17) is 0 Å². The number of allylic oxidation sites excluding steroid dienone is 2. The van der Waals surface area contributed by atoms with Gasteiger partial charge in [0.15, 0.2) is 0 Å². The summed E-state index contributed by atoms with van der Waals surface area (Å²) in [7, 11) is 0. The number of benzene rings is 1. The third-order valence-electron chi connectivity index (χ3n) is 1.98. The molecule has 0 saturated carbocycles. The van der Waals surface area contributed by atoms with Crippen molar-refractivity contribution in [1.29, 1.82) is 0 Å². The molecule has 0 N–H and O–H groups in total. The minimum Gasteiger partial charge on any atom is -0.541 e. The van der Waals surface area contributed by atoms with Crippen LogP contribution in [0.15, 0.2) is 48.1 Å². The monoisotopic (exact) mass is 254 g/mol. The van der Waals surface area contributed by atoms with Crippen molar-refractivity contribution >= 4 is 17.8 Å². The molecule has 0 radical (unpaired) electrons. The van der Waals surface area contributed by atoms with Gasteiger partial charge in [0.2, 0.25) is 5.78 Å². The maximum absolute atomic E-state index is 10.9. The van der Waals surface area contributed by atoms with Crippen LogP contribution in [0, 0.1) is 0 Å². The minimum atomic E-state index is -1.68. The Kier molecular flexibility index (Phi) is 8.29. The Bertz CT molecular complexity index is 447. The first kappa shape index (κ1) is 16.5. The summed E-state index contributed by atoms with van der Waals surface area (Å²) in [5.41, 5.74) is 1.12. The first-order valence-corrected chi connectivity index (χ1v) is 4.77. The molecule has 1 aromatic carbocycles. The number of carbonyl (C=O) groups excluding carboxylic acids is 2. The first-order chi connectivity index (χ1) is 7.61. The summed E-state index contributed by atoms with van der Waals surface area (Å²) in [5, 5.41) is 10.2. The van der Waals surface area contributed by atoms with E-state index in [0.717, 1.165) is 5.56 Å². The fourth-order valence-electron chi connectivity index (χ4n) is 1.10. The van der Waals surface area contributed by atoms with Crippen LogP contribution in [0.5, 0.6) is 0 Å². The summed E-state index contributed by atoms with van der Waals surface area (Å²) in [6.45, 7) is 1.44. The Morgan fingerprint density at radius 1 is 1.18 bits per heavy atom. The zero-order chi connectivity index (χ0) is 12.0. The molecule has 0 aliphatic heterocycles. The van der Waals surface area contributed by atoms with Gasteiger partial charge >= 0.3 is 51.4 Å². The van der Waals surface area contributed by atoms with Gasteiger partial charge in [0.1, 0.15) is 5.97 Å². The van der Waals surface area contributed by atoms with Crippen molar-refractivity contribution in [3.63, 3.8) is 0 Å². The van der Waals surface area contributed by atoms with Crippen molar-refractivity contribution in [2.45, 2.75) is 6.92 Å². The van der Waals surface area contributed by atoms with Crippen LogP contribution in [-0.2, 0) is 9.59 Å². The van der Waals surface area contributed by atoms with Crippen LogP contribution >= 0.6 is 0 Å². The molecule has 0 bridgehead atoms. The zero-order valence-corrected chi connectivity index (χ0v) is 13.0. The molecule has 0 saturated heterocycles. The first-order valence-electron chi connectivity index (χ1n) is 4.77. The predicted octanol–water partition coefficient (Wildman–Crippen LogP) is -2.03. The van der Waals surface area contributed by atoms with Gasteiger partial charge < -0.3 is 9.90 Å². The molecule has 3 nitrogen and oxygen atoms in total. The summed E-state index contributed by atoms with van der Waals surface area (Å²) in [5.74, 6) is -2.67. The third kappa shape index (κ3) is 6.09. The maximum atomic E-state index is 10.9. The number of carbonyl (C=O) groups is 2. The molecule has 0 aromatic heterocycles. The third-order valence-corrected chi connectivity index (χ3v) is 1.98. The quantitative estimate of drug-likeness (QED) is 0.269. The van der Waals surface area contributed by atoms with E-state index in [9.17, 15) is 14.7 Å². The summed E-state index contributed by atoms with van der Waals surface area (Å²) >= 11 is 0. The van der Waals surface area contributed by atoms with E-state index in [2.05, 4.69) is 0 Å². The van der Waals surface area contributed by atoms with E-state index in [-0.39, 0.29) is 57.0 Å². The summed E-state index contributed by atoms with van der Waals surface area (Å²) in [6, 6.07) is 9.49. The van der Waals surface area contributed by atoms with Gasteiger partial charge in [0, 0.05) is 0 Å². The second-order valence-corrected chi connectivity index (χ2v) is 3.24. The number of carboxylic acid groups (broad SMARTS) is 1. The number of hydrogen-bond acceptors (Lipinski definition) is 3. The number of aliphatic carboxylic acids is 1. The van der Waals surface area contributed by atoms with Crippen molar-refractivity contribution in [2.75, 3.05) is 0 Å². The van der Waals surface area contributed by atoms with Crippen molar-refractivity contribution in [3.8, 4) is 0 Å². The van der Waals surface area contributed by atoms with Crippen LogP contribution in [0.25, 0.3) is 6.08 Å². The van der Waals surface area contributed by atoms with Crippen molar-refractivity contribution in [2.24, 2.45) is 0 Å². The van der Waals surface area contributed by atoms with Crippen LogP contribution < -0.4 is 56.5 Å². The standard InChI is InChI=1S/C13H12O3.K/c1-10(12(14)13(15)16)6-5-9-11-7-3-2-4-8-11;/h2-9H,1H3,(H,15,16);/q;+1/p-1/b9-5?,10-6+;. The molecule has 82 valence electrons.